The van der Waals surface area contributed by atoms with Crippen LogP contribution in [0.2, 0.25) is 0 Å². The molecule has 0 bridgehead atoms. The van der Waals surface area contributed by atoms with Gasteiger partial charge < -0.3 is 32.5 Å². The summed E-state index contributed by atoms with van der Waals surface area (Å²) in [7, 11) is 0. The largest absolute Gasteiger partial charge is 0.480 e. The van der Waals surface area contributed by atoms with Crippen molar-refractivity contribution in [3.63, 3.8) is 0 Å². The maximum absolute atomic E-state index is 12.9. The lowest BCUT2D eigenvalue weighted by atomic mass is 10.0. The quantitative estimate of drug-likeness (QED) is 0.131. The Morgan fingerprint density at radius 1 is 0.938 bits per heavy atom. The highest BCUT2D eigenvalue weighted by atomic mass is 32.2. The minimum absolute atomic E-state index is 0.00297. The van der Waals surface area contributed by atoms with Crippen LogP contribution in [0.15, 0.2) is 0 Å². The second kappa shape index (κ2) is 15.8. The molecule has 4 atom stereocenters. The van der Waals surface area contributed by atoms with Gasteiger partial charge in [-0.1, -0.05) is 13.8 Å². The molecule has 0 spiro atoms. The molecule has 8 N–H and O–H groups in total. The first-order chi connectivity index (χ1) is 14.9. The van der Waals surface area contributed by atoms with Crippen molar-refractivity contribution in [1.82, 2.24) is 16.0 Å². The van der Waals surface area contributed by atoms with Crippen LogP contribution in [0.3, 0.4) is 0 Å². The fraction of sp³-hybridized carbons (Fsp3) is 0.737. The molecule has 184 valence electrons. The summed E-state index contributed by atoms with van der Waals surface area (Å²) < 4.78 is 0. The predicted molar refractivity (Wildman–Crippen MR) is 126 cm³/mol. The second-order valence-electron chi connectivity index (χ2n) is 7.73. The van der Waals surface area contributed by atoms with Gasteiger partial charge in [-0.25, -0.2) is 4.79 Å². The van der Waals surface area contributed by atoms with Gasteiger partial charge in [0.2, 0.25) is 23.6 Å². The molecule has 0 heterocycles. The number of carbonyl (C=O) groups is 5. The van der Waals surface area contributed by atoms with E-state index in [0.717, 1.165) is 0 Å². The molecule has 0 aromatic rings. The number of nitrogens with two attached hydrogens (primary N) is 2. The topological polar surface area (TPSA) is 194 Å². The molecule has 0 saturated carbocycles. The van der Waals surface area contributed by atoms with Crippen molar-refractivity contribution in [2.45, 2.75) is 63.7 Å². The number of amides is 4. The van der Waals surface area contributed by atoms with Crippen molar-refractivity contribution in [2.24, 2.45) is 17.4 Å². The molecule has 4 unspecified atom stereocenters. The van der Waals surface area contributed by atoms with Crippen molar-refractivity contribution >= 4 is 54.0 Å². The molecule has 0 rings (SSSR count). The minimum Gasteiger partial charge on any atom is -0.480 e. The van der Waals surface area contributed by atoms with Gasteiger partial charge in [-0.05, 0) is 37.2 Å². The van der Waals surface area contributed by atoms with Gasteiger partial charge in [0, 0.05) is 12.2 Å². The van der Waals surface area contributed by atoms with E-state index in [2.05, 4.69) is 28.6 Å². The predicted octanol–water partition coefficient (Wildman–Crippen LogP) is -1.15. The number of carboxylic acid groups (broad SMARTS) is 1. The van der Waals surface area contributed by atoms with Crippen LogP contribution in [-0.2, 0) is 24.0 Å². The van der Waals surface area contributed by atoms with E-state index in [9.17, 15) is 29.1 Å². The molecule has 13 heteroatoms. The van der Waals surface area contributed by atoms with E-state index in [1.165, 1.54) is 11.8 Å². The van der Waals surface area contributed by atoms with Crippen LogP contribution in [0.1, 0.15) is 39.5 Å². The van der Waals surface area contributed by atoms with Gasteiger partial charge in [-0.2, -0.15) is 24.4 Å². The monoisotopic (exact) mass is 493 g/mol. The van der Waals surface area contributed by atoms with Crippen molar-refractivity contribution < 1.29 is 29.1 Å². The molecule has 0 aromatic carbocycles. The summed E-state index contributed by atoms with van der Waals surface area (Å²) in [4.78, 5) is 60.2. The summed E-state index contributed by atoms with van der Waals surface area (Å²) in [6.07, 6.45) is 2.01. The molecule has 0 aliphatic heterocycles. The number of carbonyl (C=O) groups excluding carboxylic acids is 4. The molecule has 11 nitrogen and oxygen atoms in total. The molecule has 0 aliphatic carbocycles. The lowest BCUT2D eigenvalue weighted by molar-refractivity contribution is -0.142. The van der Waals surface area contributed by atoms with Crippen LogP contribution in [-0.4, -0.2) is 76.6 Å². The Kier molecular flexibility index (Phi) is 14.8. The zero-order valence-electron chi connectivity index (χ0n) is 18.6. The second-order valence-corrected chi connectivity index (χ2v) is 9.08. The Morgan fingerprint density at radius 2 is 1.47 bits per heavy atom. The van der Waals surface area contributed by atoms with Crippen LogP contribution in [0.25, 0.3) is 0 Å². The fourth-order valence-corrected chi connectivity index (χ4v) is 3.29. The number of primary amides is 1. The van der Waals surface area contributed by atoms with E-state index in [0.29, 0.717) is 12.2 Å². The molecule has 32 heavy (non-hydrogen) atoms. The van der Waals surface area contributed by atoms with E-state index in [1.807, 2.05) is 20.1 Å². The van der Waals surface area contributed by atoms with Crippen molar-refractivity contribution in [1.29, 1.82) is 0 Å². The highest BCUT2D eigenvalue weighted by Gasteiger charge is 2.30. The third-order valence-electron chi connectivity index (χ3n) is 4.41. The molecule has 0 saturated heterocycles. The average molecular weight is 494 g/mol. The van der Waals surface area contributed by atoms with Gasteiger partial charge in [0.1, 0.15) is 18.1 Å². The van der Waals surface area contributed by atoms with Gasteiger partial charge in [0.25, 0.3) is 0 Å². The first kappa shape index (κ1) is 30.0. The summed E-state index contributed by atoms with van der Waals surface area (Å²) >= 11 is 5.46. The van der Waals surface area contributed by atoms with Gasteiger partial charge in [-0.3, -0.25) is 19.2 Å². The highest BCUT2D eigenvalue weighted by molar-refractivity contribution is 7.98. The Labute approximate surface area is 198 Å². The fourth-order valence-electron chi connectivity index (χ4n) is 2.66. The maximum atomic E-state index is 12.9. The Morgan fingerprint density at radius 3 is 1.94 bits per heavy atom. The SMILES string of the molecule is CSCCC(NC(=O)C(N)CS)C(=O)NC(CC(C)C)C(=O)NC(CCC(N)=O)C(=O)O. The van der Waals surface area contributed by atoms with E-state index < -0.39 is 53.8 Å². The highest BCUT2D eigenvalue weighted by Crippen LogP contribution is 2.09. The van der Waals surface area contributed by atoms with Crippen LogP contribution in [0.5, 0.6) is 0 Å². The van der Waals surface area contributed by atoms with Crippen molar-refractivity contribution in [3.8, 4) is 0 Å². The molecule has 0 aromatic heterocycles. The Balaban J connectivity index is 5.41. The van der Waals surface area contributed by atoms with E-state index >= 15 is 0 Å². The summed E-state index contributed by atoms with van der Waals surface area (Å²) in [5.74, 6) is -3.16. The number of hydrogen-bond acceptors (Lipinski definition) is 8. The van der Waals surface area contributed by atoms with Gasteiger partial charge >= 0.3 is 5.97 Å². The number of carboxylic acids is 1. The van der Waals surface area contributed by atoms with Gasteiger partial charge in [0.15, 0.2) is 0 Å². The maximum Gasteiger partial charge on any atom is 0.326 e. The van der Waals surface area contributed by atoms with Gasteiger partial charge in [-0.15, -0.1) is 0 Å². The van der Waals surface area contributed by atoms with Crippen LogP contribution < -0.4 is 27.4 Å². The smallest absolute Gasteiger partial charge is 0.326 e. The van der Waals surface area contributed by atoms with Crippen molar-refractivity contribution in [3.05, 3.63) is 0 Å². The molecule has 0 aliphatic rings. The van der Waals surface area contributed by atoms with Crippen LogP contribution >= 0.6 is 24.4 Å². The summed E-state index contributed by atoms with van der Waals surface area (Å²) in [5.41, 5.74) is 10.7. The molecular weight excluding hydrogens is 458 g/mol. The number of rotatable bonds is 16. The summed E-state index contributed by atoms with van der Waals surface area (Å²) in [5, 5.41) is 16.9. The summed E-state index contributed by atoms with van der Waals surface area (Å²) in [6, 6.07) is -4.18. The molecule has 0 fully saturated rings. The van der Waals surface area contributed by atoms with E-state index in [1.54, 1.807) is 0 Å². The van der Waals surface area contributed by atoms with Crippen molar-refractivity contribution in [2.75, 3.05) is 17.8 Å². The van der Waals surface area contributed by atoms with Crippen LogP contribution in [0, 0.1) is 5.92 Å². The third-order valence-corrected chi connectivity index (χ3v) is 5.45. The molecule has 4 amide bonds. The Hall–Kier alpha value is -1.99. The molecule has 0 radical (unpaired) electrons. The number of hydrogen-bond donors (Lipinski definition) is 7. The van der Waals surface area contributed by atoms with Gasteiger partial charge in [0.05, 0.1) is 6.04 Å². The number of aliphatic carboxylic acids is 1. The zero-order chi connectivity index (χ0) is 24.8. The van der Waals surface area contributed by atoms with E-state index in [-0.39, 0.29) is 30.9 Å². The number of nitrogens with one attached hydrogen (secondary N) is 3. The number of thiol groups is 1. The first-order valence-corrected chi connectivity index (χ1v) is 12.2. The lowest BCUT2D eigenvalue weighted by Crippen LogP contribution is -2.57. The van der Waals surface area contributed by atoms with Crippen LogP contribution in [0.4, 0.5) is 0 Å². The lowest BCUT2D eigenvalue weighted by Gasteiger charge is -2.26. The standard InChI is InChI=1S/C19H35N5O6S2/c1-10(2)8-14(18(28)23-13(19(29)30)4-5-15(21)25)24-17(27)12(6-7-32-3)22-16(26)11(20)9-31/h10-14,31H,4-9,20H2,1-3H3,(H2,21,25)(H,22,26)(H,23,28)(H,24,27)(H,29,30). The zero-order valence-corrected chi connectivity index (χ0v) is 20.3. The number of thioether (sulfide) groups is 1. The normalized spacial score (nSPS) is 14.7. The minimum atomic E-state index is -1.33. The third kappa shape index (κ3) is 12.2. The summed E-state index contributed by atoms with van der Waals surface area (Å²) in [6.45, 7) is 3.68. The average Bonchev–Trinajstić information content (AvgIpc) is 2.71. The Bertz CT molecular complexity index is 664. The first-order valence-electron chi connectivity index (χ1n) is 10.2. The molecular formula is C19H35N5O6S2. The van der Waals surface area contributed by atoms with E-state index in [4.69, 9.17) is 11.5 Å².